The summed E-state index contributed by atoms with van der Waals surface area (Å²) in [5.41, 5.74) is 2.18. The van der Waals surface area contributed by atoms with E-state index in [0.717, 1.165) is 0 Å². The van der Waals surface area contributed by atoms with Crippen LogP contribution in [0, 0.1) is 0 Å². The number of aromatic carboxylic acids is 1. The Bertz CT molecular complexity index is 347. The van der Waals surface area contributed by atoms with E-state index in [1.807, 2.05) is 18.7 Å². The van der Waals surface area contributed by atoms with Crippen molar-refractivity contribution >= 4 is 15.7 Å². The average Bonchev–Trinajstić information content (AvgIpc) is 2.19. The van der Waals surface area contributed by atoms with Crippen molar-refractivity contribution in [2.75, 3.05) is 0 Å². The fourth-order valence-corrected chi connectivity index (χ4v) is 1.72. The first kappa shape index (κ1) is 10.5. The summed E-state index contributed by atoms with van der Waals surface area (Å²) in [7, 11) is -0.784. The van der Waals surface area contributed by atoms with Gasteiger partial charge in [0, 0.05) is 0 Å². The number of para-hydroxylation sites is 1. The zero-order chi connectivity index (χ0) is 10.4. The van der Waals surface area contributed by atoms with E-state index >= 15 is 0 Å². The van der Waals surface area contributed by atoms with Crippen LogP contribution in [0.15, 0.2) is 36.0 Å². The molecule has 0 saturated carbocycles. The lowest BCUT2D eigenvalue weighted by atomic mass is 10.2. The number of allylic oxidation sites excluding steroid dienone is 1. The molecular weight excluding hydrogens is 196 g/mol. The number of carboxylic acid groups (broad SMARTS) is 1. The van der Waals surface area contributed by atoms with Crippen LogP contribution >= 0.6 is 0 Å². The summed E-state index contributed by atoms with van der Waals surface area (Å²) in [6.45, 7) is 1.92. The highest BCUT2D eigenvalue weighted by Gasteiger charge is 2.08. The lowest BCUT2D eigenvalue weighted by Crippen LogP contribution is -2.05. The Morgan fingerprint density at radius 2 is 2.21 bits per heavy atom. The smallest absolute Gasteiger partial charge is 0.339 e. The molecule has 0 fully saturated rings. The van der Waals surface area contributed by atoms with E-state index in [1.165, 1.54) is 0 Å². The van der Waals surface area contributed by atoms with Crippen LogP contribution in [0.4, 0.5) is 0 Å². The summed E-state index contributed by atoms with van der Waals surface area (Å²) in [6, 6.07) is 6.68. The SMILES string of the molecule is CC=C[SiH2]Oc1ccccc1C(=O)O. The Hall–Kier alpha value is -1.55. The van der Waals surface area contributed by atoms with Crippen LogP contribution in [0.25, 0.3) is 0 Å². The van der Waals surface area contributed by atoms with Gasteiger partial charge in [0.15, 0.2) is 0 Å². The summed E-state index contributed by atoms with van der Waals surface area (Å²) in [5.74, 6) is -0.486. The first-order valence-electron chi connectivity index (χ1n) is 4.32. The second kappa shape index (κ2) is 5.24. The molecule has 0 saturated heterocycles. The molecule has 0 amide bonds. The quantitative estimate of drug-likeness (QED) is 0.760. The van der Waals surface area contributed by atoms with Gasteiger partial charge in [-0.2, -0.15) is 0 Å². The zero-order valence-corrected chi connectivity index (χ0v) is 9.35. The number of hydrogen-bond donors (Lipinski definition) is 1. The standard InChI is InChI=1S/C10H12O3Si/c1-2-7-14-13-9-6-4-3-5-8(9)10(11)12/h2-7H,14H2,1H3,(H,11,12). The van der Waals surface area contributed by atoms with Gasteiger partial charge in [-0.1, -0.05) is 23.9 Å². The maximum atomic E-state index is 10.8. The van der Waals surface area contributed by atoms with Crippen LogP contribution in [0.2, 0.25) is 0 Å². The number of hydrogen-bond acceptors (Lipinski definition) is 2. The minimum Gasteiger partial charge on any atom is -0.545 e. The Morgan fingerprint density at radius 1 is 1.50 bits per heavy atom. The molecule has 0 aliphatic heterocycles. The first-order chi connectivity index (χ1) is 6.75. The van der Waals surface area contributed by atoms with Crippen LogP contribution in [0.1, 0.15) is 17.3 Å². The second-order valence-corrected chi connectivity index (χ2v) is 3.77. The number of benzene rings is 1. The molecule has 0 bridgehead atoms. The molecule has 0 aliphatic carbocycles. The molecule has 1 aromatic rings. The van der Waals surface area contributed by atoms with E-state index in [-0.39, 0.29) is 5.56 Å². The fourth-order valence-electron chi connectivity index (χ4n) is 1.00. The van der Waals surface area contributed by atoms with E-state index in [1.54, 1.807) is 24.3 Å². The number of carbonyl (C=O) groups is 1. The number of rotatable bonds is 4. The molecule has 0 spiro atoms. The molecule has 0 unspecified atom stereocenters. The third-order valence-corrected chi connectivity index (χ3v) is 2.83. The van der Waals surface area contributed by atoms with Gasteiger partial charge in [0.05, 0.1) is 5.56 Å². The molecule has 1 rings (SSSR count). The Labute approximate surface area is 85.0 Å². The maximum Gasteiger partial charge on any atom is 0.339 e. The van der Waals surface area contributed by atoms with Crippen LogP contribution in [-0.4, -0.2) is 20.8 Å². The third kappa shape index (κ3) is 2.74. The van der Waals surface area contributed by atoms with E-state index in [9.17, 15) is 4.79 Å². The van der Waals surface area contributed by atoms with Crippen molar-refractivity contribution in [3.63, 3.8) is 0 Å². The molecule has 74 valence electrons. The van der Waals surface area contributed by atoms with Crippen LogP contribution in [0.3, 0.4) is 0 Å². The van der Waals surface area contributed by atoms with Gasteiger partial charge >= 0.3 is 5.97 Å². The van der Waals surface area contributed by atoms with E-state index < -0.39 is 15.7 Å². The summed E-state index contributed by atoms with van der Waals surface area (Å²) in [6.07, 6.45) is 1.91. The van der Waals surface area contributed by atoms with Gasteiger partial charge in [-0.3, -0.25) is 0 Å². The van der Waals surface area contributed by atoms with Gasteiger partial charge in [0.1, 0.15) is 5.75 Å². The normalized spacial score (nSPS) is 11.2. The van der Waals surface area contributed by atoms with Crippen molar-refractivity contribution in [2.24, 2.45) is 0 Å². The molecule has 1 N–H and O–H groups in total. The predicted octanol–water partition coefficient (Wildman–Crippen LogP) is 1.38. The molecule has 0 aromatic heterocycles. The molecule has 14 heavy (non-hydrogen) atoms. The molecule has 1 aromatic carbocycles. The highest BCUT2D eigenvalue weighted by molar-refractivity contribution is 6.35. The Balaban J connectivity index is 2.79. The summed E-state index contributed by atoms with van der Waals surface area (Å²) in [4.78, 5) is 10.8. The van der Waals surface area contributed by atoms with Crippen LogP contribution < -0.4 is 4.43 Å². The van der Waals surface area contributed by atoms with Crippen molar-refractivity contribution in [2.45, 2.75) is 6.92 Å². The van der Waals surface area contributed by atoms with Gasteiger partial charge in [0.25, 0.3) is 0 Å². The monoisotopic (exact) mass is 208 g/mol. The Kier molecular flexibility index (Phi) is 3.94. The van der Waals surface area contributed by atoms with Crippen LogP contribution in [0.5, 0.6) is 5.75 Å². The van der Waals surface area contributed by atoms with E-state index in [2.05, 4.69) is 0 Å². The lowest BCUT2D eigenvalue weighted by molar-refractivity contribution is 0.0695. The molecule has 0 heterocycles. The number of carboxylic acids is 1. The maximum absolute atomic E-state index is 10.8. The van der Waals surface area contributed by atoms with Crippen molar-refractivity contribution in [3.8, 4) is 5.75 Å². The summed E-state index contributed by atoms with van der Waals surface area (Å²) in [5, 5.41) is 8.84. The summed E-state index contributed by atoms with van der Waals surface area (Å²) >= 11 is 0. The molecule has 0 atom stereocenters. The van der Waals surface area contributed by atoms with Crippen LogP contribution in [-0.2, 0) is 0 Å². The molecule has 0 aliphatic rings. The second-order valence-electron chi connectivity index (χ2n) is 2.68. The minimum absolute atomic E-state index is 0.226. The largest absolute Gasteiger partial charge is 0.545 e. The van der Waals surface area contributed by atoms with Crippen molar-refractivity contribution in [3.05, 3.63) is 41.6 Å². The van der Waals surface area contributed by atoms with Crippen molar-refractivity contribution in [1.29, 1.82) is 0 Å². The molecule has 3 nitrogen and oxygen atoms in total. The fraction of sp³-hybridized carbons (Fsp3) is 0.100. The van der Waals surface area contributed by atoms with E-state index in [0.29, 0.717) is 5.75 Å². The summed E-state index contributed by atoms with van der Waals surface area (Å²) < 4.78 is 5.41. The van der Waals surface area contributed by atoms with Crippen molar-refractivity contribution in [1.82, 2.24) is 0 Å². The molecular formula is C10H12O3Si. The van der Waals surface area contributed by atoms with Crippen molar-refractivity contribution < 1.29 is 14.3 Å². The van der Waals surface area contributed by atoms with Gasteiger partial charge in [0.2, 0.25) is 9.76 Å². The zero-order valence-electron chi connectivity index (χ0n) is 7.93. The third-order valence-electron chi connectivity index (χ3n) is 1.69. The predicted molar refractivity (Wildman–Crippen MR) is 57.4 cm³/mol. The van der Waals surface area contributed by atoms with Gasteiger partial charge in [-0.25, -0.2) is 4.79 Å². The minimum atomic E-state index is -0.949. The Morgan fingerprint density at radius 3 is 2.86 bits per heavy atom. The first-order valence-corrected chi connectivity index (χ1v) is 5.71. The highest BCUT2D eigenvalue weighted by atomic mass is 28.2. The molecule has 4 heteroatoms. The van der Waals surface area contributed by atoms with E-state index in [4.69, 9.17) is 9.53 Å². The topological polar surface area (TPSA) is 46.5 Å². The molecule has 0 radical (unpaired) electrons. The van der Waals surface area contributed by atoms with Gasteiger partial charge in [-0.15, -0.1) is 0 Å². The van der Waals surface area contributed by atoms with Gasteiger partial charge < -0.3 is 9.53 Å². The highest BCUT2D eigenvalue weighted by Crippen LogP contribution is 2.16. The lowest BCUT2D eigenvalue weighted by Gasteiger charge is -2.06. The average molecular weight is 208 g/mol. The van der Waals surface area contributed by atoms with Gasteiger partial charge in [-0.05, 0) is 19.1 Å².